The highest BCUT2D eigenvalue weighted by Gasteiger charge is 2.43. The number of anilines is 2. The van der Waals surface area contributed by atoms with Crippen molar-refractivity contribution in [3.05, 3.63) is 113 Å². The Morgan fingerprint density at radius 1 is 0.791 bits per heavy atom. The van der Waals surface area contributed by atoms with Crippen LogP contribution in [0.1, 0.15) is 44.6 Å². The Morgan fingerprint density at radius 2 is 1.30 bits per heavy atom. The molecule has 0 saturated carbocycles. The number of amides is 2. The highest BCUT2D eigenvalue weighted by atomic mass is 16.5. The van der Waals surface area contributed by atoms with E-state index in [1.165, 1.54) is 41.4 Å². The third-order valence-electron chi connectivity index (χ3n) is 7.13. The zero-order chi connectivity index (χ0) is 30.8. The van der Waals surface area contributed by atoms with Gasteiger partial charge in [-0.05, 0) is 111 Å². The van der Waals surface area contributed by atoms with Gasteiger partial charge in [0.1, 0.15) is 11.3 Å². The predicted octanol–water partition coefficient (Wildman–Crippen LogP) is 5.36. The number of carboxylic acid groups (broad SMARTS) is 1. The number of methoxy groups -OCH3 is 1. The van der Waals surface area contributed by atoms with Crippen LogP contribution in [0, 0.1) is 13.8 Å². The van der Waals surface area contributed by atoms with Crippen molar-refractivity contribution in [1.82, 2.24) is 4.57 Å². The number of rotatable bonds is 8. The number of esters is 1. The zero-order valence-corrected chi connectivity index (χ0v) is 24.0. The maximum atomic E-state index is 13.9. The smallest absolute Gasteiger partial charge is 0.338 e. The molecular weight excluding hydrogens is 550 g/mol. The van der Waals surface area contributed by atoms with Gasteiger partial charge in [0, 0.05) is 17.1 Å². The van der Waals surface area contributed by atoms with Gasteiger partial charge in [0.25, 0.3) is 11.8 Å². The Hall–Kier alpha value is -5.64. The summed E-state index contributed by atoms with van der Waals surface area (Å²) in [7, 11) is 1.53. The maximum absolute atomic E-state index is 13.9. The molecule has 0 aliphatic carbocycles. The molecule has 1 aromatic heterocycles. The lowest BCUT2D eigenvalue weighted by Crippen LogP contribution is -2.41. The number of carboxylic acids is 1. The van der Waals surface area contributed by atoms with E-state index >= 15 is 0 Å². The van der Waals surface area contributed by atoms with Gasteiger partial charge >= 0.3 is 11.9 Å². The fourth-order valence-electron chi connectivity index (χ4n) is 5.01. The van der Waals surface area contributed by atoms with Gasteiger partial charge < -0.3 is 19.1 Å². The summed E-state index contributed by atoms with van der Waals surface area (Å²) >= 11 is 0. The third-order valence-corrected chi connectivity index (χ3v) is 7.13. The van der Waals surface area contributed by atoms with Crippen molar-refractivity contribution < 1.29 is 33.8 Å². The lowest BCUT2D eigenvalue weighted by molar-refractivity contribution is -0.116. The molecule has 2 heterocycles. The largest absolute Gasteiger partial charge is 0.497 e. The van der Waals surface area contributed by atoms with Crippen molar-refractivity contribution in [3.63, 3.8) is 0 Å². The fraction of sp³-hybridized carbons (Fsp3) is 0.152. The van der Waals surface area contributed by atoms with Gasteiger partial charge in [0.05, 0.1) is 36.2 Å². The van der Waals surface area contributed by atoms with Gasteiger partial charge in [0.2, 0.25) is 0 Å². The number of aromatic carboxylic acids is 1. The van der Waals surface area contributed by atoms with Crippen LogP contribution >= 0.6 is 0 Å². The lowest BCUT2D eigenvalue weighted by Gasteiger charge is -2.27. The van der Waals surface area contributed by atoms with E-state index < -0.39 is 23.8 Å². The number of hydrogen-bond acceptors (Lipinski definition) is 6. The molecule has 5 rings (SSSR count). The van der Waals surface area contributed by atoms with Gasteiger partial charge in [-0.1, -0.05) is 0 Å². The predicted molar refractivity (Wildman–Crippen MR) is 161 cm³/mol. The molecule has 3 aromatic carbocycles. The highest BCUT2D eigenvalue weighted by molar-refractivity contribution is 6.38. The molecule has 0 atom stereocenters. The molecule has 1 aliphatic rings. The molecular formula is C33H29N3O7. The first kappa shape index (κ1) is 28.9. The van der Waals surface area contributed by atoms with Crippen LogP contribution in [0.25, 0.3) is 11.8 Å². The van der Waals surface area contributed by atoms with Crippen molar-refractivity contribution in [2.75, 3.05) is 23.7 Å². The zero-order valence-electron chi connectivity index (χ0n) is 24.0. The van der Waals surface area contributed by atoms with E-state index in [2.05, 4.69) is 0 Å². The van der Waals surface area contributed by atoms with Gasteiger partial charge in [0.15, 0.2) is 0 Å². The first-order valence-electron chi connectivity index (χ1n) is 13.5. The van der Waals surface area contributed by atoms with E-state index in [4.69, 9.17) is 9.47 Å². The molecule has 0 bridgehead atoms. The molecule has 1 saturated heterocycles. The molecule has 218 valence electrons. The Kier molecular flexibility index (Phi) is 7.85. The first-order valence-corrected chi connectivity index (χ1v) is 13.5. The minimum Gasteiger partial charge on any atom is -0.497 e. The second-order valence-corrected chi connectivity index (χ2v) is 9.77. The molecule has 10 heteroatoms. The van der Waals surface area contributed by atoms with Gasteiger partial charge in [-0.25, -0.2) is 19.6 Å². The van der Waals surface area contributed by atoms with E-state index in [1.807, 2.05) is 36.6 Å². The van der Waals surface area contributed by atoms with Crippen LogP contribution in [0.5, 0.6) is 5.75 Å². The summed E-state index contributed by atoms with van der Waals surface area (Å²) in [5.74, 6) is -2.03. The van der Waals surface area contributed by atoms with Crippen LogP contribution in [0.15, 0.2) is 84.4 Å². The Labute approximate surface area is 247 Å². The van der Waals surface area contributed by atoms with Crippen molar-refractivity contribution >= 4 is 41.2 Å². The third kappa shape index (κ3) is 5.38. The van der Waals surface area contributed by atoms with Crippen molar-refractivity contribution in [2.24, 2.45) is 0 Å². The number of benzene rings is 3. The normalized spacial score (nSPS) is 14.0. The van der Waals surface area contributed by atoms with Gasteiger partial charge in [-0.15, -0.1) is 0 Å². The molecule has 1 fully saturated rings. The van der Waals surface area contributed by atoms with E-state index in [0.717, 1.165) is 17.1 Å². The van der Waals surface area contributed by atoms with Crippen LogP contribution in [0.4, 0.5) is 11.4 Å². The maximum Gasteiger partial charge on any atom is 0.338 e. The van der Waals surface area contributed by atoms with E-state index in [0.29, 0.717) is 28.3 Å². The average molecular weight is 580 g/mol. The second kappa shape index (κ2) is 11.7. The van der Waals surface area contributed by atoms with Crippen molar-refractivity contribution in [2.45, 2.75) is 20.8 Å². The van der Waals surface area contributed by atoms with E-state index in [-0.39, 0.29) is 17.7 Å². The summed E-state index contributed by atoms with van der Waals surface area (Å²) in [5, 5.41) is 11.8. The van der Waals surface area contributed by atoms with Gasteiger partial charge in [-0.3, -0.25) is 9.59 Å². The molecule has 1 N–H and O–H groups in total. The second-order valence-electron chi connectivity index (χ2n) is 9.77. The first-order chi connectivity index (χ1) is 20.6. The van der Waals surface area contributed by atoms with Crippen LogP contribution in [0.3, 0.4) is 0 Å². The summed E-state index contributed by atoms with van der Waals surface area (Å²) in [6.45, 7) is 5.82. The fourth-order valence-corrected chi connectivity index (χ4v) is 5.01. The Morgan fingerprint density at radius 3 is 1.81 bits per heavy atom. The number of aromatic nitrogens is 1. The summed E-state index contributed by atoms with van der Waals surface area (Å²) in [5.41, 5.74) is 4.30. The number of aryl methyl sites for hydroxylation is 1. The standard InChI is InChI=1S/C33H29N3O7/c1-5-43-33(41)23-8-10-25(11-9-23)34-20(2)18-24(21(34)3)19-29-30(37)35(26-12-6-22(7-13-26)32(39)40)36(31(29)38)27-14-16-28(42-4)17-15-27/h6-19H,5H2,1-4H3,(H,39,40)/b29-19-. The minimum absolute atomic E-state index is 0.0520. The summed E-state index contributed by atoms with van der Waals surface area (Å²) < 4.78 is 12.3. The van der Waals surface area contributed by atoms with Gasteiger partial charge in [-0.2, -0.15) is 0 Å². The number of hydrazine groups is 1. The van der Waals surface area contributed by atoms with Crippen molar-refractivity contribution in [3.8, 4) is 11.4 Å². The topological polar surface area (TPSA) is 118 Å². The SMILES string of the molecule is CCOC(=O)c1ccc(-n2c(C)cc(/C=C3\C(=O)N(c4ccc(OC)cc4)N(c4ccc(C(=O)O)cc4)C3=O)c2C)cc1. The van der Waals surface area contributed by atoms with Crippen LogP contribution in [-0.4, -0.2) is 47.1 Å². The average Bonchev–Trinajstić information content (AvgIpc) is 3.43. The van der Waals surface area contributed by atoms with Crippen LogP contribution in [-0.2, 0) is 14.3 Å². The summed E-state index contributed by atoms with van der Waals surface area (Å²) in [4.78, 5) is 51.2. The monoisotopic (exact) mass is 579 g/mol. The Balaban J connectivity index is 1.55. The lowest BCUT2D eigenvalue weighted by atomic mass is 10.1. The van der Waals surface area contributed by atoms with E-state index in [1.54, 1.807) is 49.4 Å². The van der Waals surface area contributed by atoms with Crippen LogP contribution in [0.2, 0.25) is 0 Å². The quantitative estimate of drug-likeness (QED) is 0.170. The molecule has 1 aliphatic heterocycles. The number of hydrogen-bond donors (Lipinski definition) is 1. The van der Waals surface area contributed by atoms with Crippen LogP contribution < -0.4 is 14.8 Å². The molecule has 4 aromatic rings. The highest BCUT2D eigenvalue weighted by Crippen LogP contribution is 2.34. The number of nitrogens with zero attached hydrogens (tertiary/aromatic N) is 3. The minimum atomic E-state index is -1.10. The molecule has 43 heavy (non-hydrogen) atoms. The number of ether oxygens (including phenoxy) is 2. The molecule has 0 unspecified atom stereocenters. The summed E-state index contributed by atoms with van der Waals surface area (Å²) in [6.07, 6.45) is 1.57. The molecule has 0 spiro atoms. The van der Waals surface area contributed by atoms with E-state index in [9.17, 15) is 24.3 Å². The summed E-state index contributed by atoms with van der Waals surface area (Å²) in [6, 6.07) is 21.3. The molecule has 2 amide bonds. The van der Waals surface area contributed by atoms with Crippen molar-refractivity contribution in [1.29, 1.82) is 0 Å². The molecule has 0 radical (unpaired) electrons. The number of carbonyl (C=O) groups is 4. The Bertz CT molecular complexity index is 1750. The molecule has 10 nitrogen and oxygen atoms in total. The number of carbonyl (C=O) groups excluding carboxylic acids is 3.